The monoisotopic (exact) mass is 323 g/mol. The Kier molecular flexibility index (Phi) is 5.03. The van der Waals surface area contributed by atoms with Crippen LogP contribution in [0.5, 0.6) is 0 Å². The van der Waals surface area contributed by atoms with Gasteiger partial charge in [-0.1, -0.05) is 30.7 Å². The topological polar surface area (TPSA) is 78.5 Å². The van der Waals surface area contributed by atoms with Crippen molar-refractivity contribution in [2.24, 2.45) is 0 Å². The molecule has 1 aromatic carbocycles. The molecule has 0 aliphatic carbocycles. The number of benzene rings is 1. The van der Waals surface area contributed by atoms with Crippen molar-refractivity contribution < 1.29 is 14.4 Å². The number of likely N-dealkylation sites (tertiary alicyclic amines) is 1. The van der Waals surface area contributed by atoms with E-state index in [1.165, 1.54) is 7.05 Å². The normalized spacial score (nSPS) is 18.4. The lowest BCUT2D eigenvalue weighted by atomic mass is 10.0. The molecule has 0 radical (unpaired) electrons. The summed E-state index contributed by atoms with van der Waals surface area (Å²) >= 11 is 5.96. The van der Waals surface area contributed by atoms with E-state index in [0.29, 0.717) is 11.4 Å². The molecule has 0 bridgehead atoms. The molecule has 0 saturated carbocycles. The molecule has 7 heteroatoms. The van der Waals surface area contributed by atoms with Gasteiger partial charge in [0.2, 0.25) is 11.8 Å². The molecule has 1 unspecified atom stereocenters. The third-order valence-electron chi connectivity index (χ3n) is 3.67. The van der Waals surface area contributed by atoms with Crippen molar-refractivity contribution in [1.29, 1.82) is 0 Å². The average molecular weight is 324 g/mol. The molecular weight excluding hydrogens is 306 g/mol. The lowest BCUT2D eigenvalue weighted by Crippen LogP contribution is -2.63. The summed E-state index contributed by atoms with van der Waals surface area (Å²) in [4.78, 5) is 36.5. The highest BCUT2D eigenvalue weighted by atomic mass is 35.5. The average Bonchev–Trinajstić information content (AvgIpc) is 2.49. The highest BCUT2D eigenvalue weighted by Gasteiger charge is 2.45. The molecule has 6 nitrogen and oxygen atoms in total. The van der Waals surface area contributed by atoms with Crippen LogP contribution in [0.1, 0.15) is 31.4 Å². The second-order valence-corrected chi connectivity index (χ2v) is 5.50. The summed E-state index contributed by atoms with van der Waals surface area (Å²) in [5, 5.41) is 5.80. The van der Waals surface area contributed by atoms with Crippen LogP contribution < -0.4 is 10.6 Å². The van der Waals surface area contributed by atoms with E-state index in [4.69, 9.17) is 11.6 Å². The summed E-state index contributed by atoms with van der Waals surface area (Å²) in [6.07, 6.45) is 0.694. The second-order valence-electron chi connectivity index (χ2n) is 5.06. The Morgan fingerprint density at radius 3 is 2.73 bits per heavy atom. The number of imide groups is 1. The standard InChI is InChI=1S/C15H18ClN3O3/c1-3-11(9-5-4-6-10(16)7-9)18-15(22)19-12(8-13(19)20)14(21)17-2/h4-7,11-12H,3,8H2,1-2H3,(H,17,21)(H,18,22)/t11-,12?/m1/s1. The van der Waals surface area contributed by atoms with Gasteiger partial charge in [0, 0.05) is 12.1 Å². The van der Waals surface area contributed by atoms with E-state index in [9.17, 15) is 14.4 Å². The zero-order valence-electron chi connectivity index (χ0n) is 12.4. The number of β-lactam (4-membered cyclic amide) rings is 1. The van der Waals surface area contributed by atoms with Crippen LogP contribution in [0.4, 0.5) is 4.79 Å². The number of carbonyl (C=O) groups excluding carboxylic acids is 3. The fraction of sp³-hybridized carbons (Fsp3) is 0.400. The number of likely N-dealkylation sites (N-methyl/N-ethyl adjacent to an activating group) is 1. The maximum atomic E-state index is 12.3. The Bertz CT molecular complexity index is 605. The van der Waals surface area contributed by atoms with E-state index >= 15 is 0 Å². The molecule has 1 fully saturated rings. The largest absolute Gasteiger partial charge is 0.357 e. The first-order valence-corrected chi connectivity index (χ1v) is 7.45. The molecule has 2 rings (SSSR count). The lowest BCUT2D eigenvalue weighted by Gasteiger charge is -2.37. The van der Waals surface area contributed by atoms with E-state index in [1.807, 2.05) is 13.0 Å². The van der Waals surface area contributed by atoms with Gasteiger partial charge < -0.3 is 10.6 Å². The Hall–Kier alpha value is -2.08. The molecule has 1 saturated heterocycles. The second kappa shape index (κ2) is 6.79. The number of urea groups is 1. The van der Waals surface area contributed by atoms with Gasteiger partial charge in [0.05, 0.1) is 12.5 Å². The van der Waals surface area contributed by atoms with Crippen LogP contribution >= 0.6 is 11.6 Å². The fourth-order valence-electron chi connectivity index (χ4n) is 2.41. The summed E-state index contributed by atoms with van der Waals surface area (Å²) in [5.41, 5.74) is 0.854. The number of amides is 4. The van der Waals surface area contributed by atoms with Crippen LogP contribution in [-0.2, 0) is 9.59 Å². The van der Waals surface area contributed by atoms with Gasteiger partial charge in [-0.2, -0.15) is 0 Å². The molecule has 118 valence electrons. The van der Waals surface area contributed by atoms with Crippen molar-refractivity contribution in [2.75, 3.05) is 7.05 Å². The predicted octanol–water partition coefficient (Wildman–Crippen LogP) is 1.85. The highest BCUT2D eigenvalue weighted by molar-refractivity contribution is 6.30. The Morgan fingerprint density at radius 1 is 1.45 bits per heavy atom. The van der Waals surface area contributed by atoms with Crippen LogP contribution in [0.25, 0.3) is 0 Å². The zero-order valence-corrected chi connectivity index (χ0v) is 13.2. The van der Waals surface area contributed by atoms with E-state index in [0.717, 1.165) is 10.5 Å². The Labute approximate surface area is 133 Å². The first kappa shape index (κ1) is 16.3. The molecule has 2 atom stereocenters. The number of carbonyl (C=O) groups is 3. The third kappa shape index (κ3) is 3.22. The molecule has 1 aliphatic rings. The van der Waals surface area contributed by atoms with Gasteiger partial charge in [0.15, 0.2) is 0 Å². The molecule has 1 aromatic rings. The minimum Gasteiger partial charge on any atom is -0.357 e. The van der Waals surface area contributed by atoms with E-state index < -0.39 is 12.1 Å². The smallest absolute Gasteiger partial charge is 0.325 e. The number of nitrogens with one attached hydrogen (secondary N) is 2. The Balaban J connectivity index is 2.09. The molecule has 1 aliphatic heterocycles. The SMILES string of the molecule is CC[C@@H](NC(=O)N1C(=O)CC1C(=O)NC)c1cccc(Cl)c1. The third-order valence-corrected chi connectivity index (χ3v) is 3.91. The number of hydrogen-bond donors (Lipinski definition) is 2. The van der Waals surface area contributed by atoms with Crippen molar-refractivity contribution in [2.45, 2.75) is 31.8 Å². The maximum absolute atomic E-state index is 12.3. The first-order chi connectivity index (χ1) is 10.5. The van der Waals surface area contributed by atoms with Gasteiger partial charge in [-0.25, -0.2) is 4.79 Å². The molecule has 0 spiro atoms. The van der Waals surface area contributed by atoms with Crippen molar-refractivity contribution in [1.82, 2.24) is 15.5 Å². The van der Waals surface area contributed by atoms with Gasteiger partial charge in [-0.05, 0) is 24.1 Å². The zero-order chi connectivity index (χ0) is 16.3. The number of halogens is 1. The van der Waals surface area contributed by atoms with Crippen molar-refractivity contribution in [3.63, 3.8) is 0 Å². The number of hydrogen-bond acceptors (Lipinski definition) is 3. The molecule has 2 N–H and O–H groups in total. The van der Waals surface area contributed by atoms with Crippen LogP contribution in [0.3, 0.4) is 0 Å². The molecule has 1 heterocycles. The number of nitrogens with zero attached hydrogens (tertiary/aromatic N) is 1. The molecule has 22 heavy (non-hydrogen) atoms. The van der Waals surface area contributed by atoms with Crippen molar-refractivity contribution in [3.8, 4) is 0 Å². The summed E-state index contributed by atoms with van der Waals surface area (Å²) in [6, 6.07) is 5.61. The van der Waals surface area contributed by atoms with Crippen molar-refractivity contribution in [3.05, 3.63) is 34.9 Å². The van der Waals surface area contributed by atoms with E-state index in [2.05, 4.69) is 10.6 Å². The Morgan fingerprint density at radius 2 is 2.18 bits per heavy atom. The van der Waals surface area contributed by atoms with E-state index in [1.54, 1.807) is 18.2 Å². The fourth-order valence-corrected chi connectivity index (χ4v) is 2.61. The minimum absolute atomic E-state index is 0.0566. The number of rotatable bonds is 4. The van der Waals surface area contributed by atoms with Crippen LogP contribution in [-0.4, -0.2) is 35.8 Å². The summed E-state index contributed by atoms with van der Waals surface area (Å²) in [6.45, 7) is 1.92. The summed E-state index contributed by atoms with van der Waals surface area (Å²) in [7, 11) is 1.47. The van der Waals surface area contributed by atoms with Gasteiger partial charge in [0.1, 0.15) is 6.04 Å². The van der Waals surface area contributed by atoms with Gasteiger partial charge in [-0.3, -0.25) is 14.5 Å². The van der Waals surface area contributed by atoms with Crippen LogP contribution in [0, 0.1) is 0 Å². The van der Waals surface area contributed by atoms with E-state index in [-0.39, 0.29) is 24.3 Å². The molecule has 0 aromatic heterocycles. The predicted molar refractivity (Wildman–Crippen MR) is 82.3 cm³/mol. The van der Waals surface area contributed by atoms with Gasteiger partial charge in [0.25, 0.3) is 0 Å². The molecule has 4 amide bonds. The first-order valence-electron chi connectivity index (χ1n) is 7.07. The summed E-state index contributed by atoms with van der Waals surface area (Å²) in [5.74, 6) is -0.697. The van der Waals surface area contributed by atoms with Gasteiger partial charge >= 0.3 is 6.03 Å². The van der Waals surface area contributed by atoms with Crippen molar-refractivity contribution >= 4 is 29.4 Å². The molecular formula is C15H18ClN3O3. The highest BCUT2D eigenvalue weighted by Crippen LogP contribution is 2.23. The summed E-state index contributed by atoms with van der Waals surface area (Å²) < 4.78 is 0. The van der Waals surface area contributed by atoms with Crippen LogP contribution in [0.15, 0.2) is 24.3 Å². The quantitative estimate of drug-likeness (QED) is 0.830. The van der Waals surface area contributed by atoms with Gasteiger partial charge in [-0.15, -0.1) is 0 Å². The lowest BCUT2D eigenvalue weighted by molar-refractivity contribution is -0.148. The minimum atomic E-state index is -0.727. The maximum Gasteiger partial charge on any atom is 0.325 e. The van der Waals surface area contributed by atoms with Crippen LogP contribution in [0.2, 0.25) is 5.02 Å².